The van der Waals surface area contributed by atoms with Gasteiger partial charge in [-0.25, -0.2) is 0 Å². The van der Waals surface area contributed by atoms with Crippen molar-refractivity contribution in [3.05, 3.63) is 29.8 Å². The zero-order chi connectivity index (χ0) is 16.5. The van der Waals surface area contributed by atoms with E-state index in [4.69, 9.17) is 4.74 Å². The number of benzene rings is 1. The van der Waals surface area contributed by atoms with Gasteiger partial charge in [0.15, 0.2) is 0 Å². The van der Waals surface area contributed by atoms with E-state index in [-0.39, 0.29) is 11.8 Å². The number of nitrogens with zero attached hydrogens (tertiary/aromatic N) is 1. The summed E-state index contributed by atoms with van der Waals surface area (Å²) in [6.07, 6.45) is 0.962. The lowest BCUT2D eigenvalue weighted by molar-refractivity contribution is -0.128. The number of rotatable bonds is 8. The van der Waals surface area contributed by atoms with Crippen LogP contribution in [0.2, 0.25) is 0 Å². The lowest BCUT2D eigenvalue weighted by atomic mass is 10.1. The summed E-state index contributed by atoms with van der Waals surface area (Å²) in [5, 5.41) is 2.83. The predicted molar refractivity (Wildman–Crippen MR) is 87.0 cm³/mol. The molecule has 0 spiro atoms. The molecule has 0 radical (unpaired) electrons. The Morgan fingerprint density at radius 1 is 1.27 bits per heavy atom. The minimum absolute atomic E-state index is 0.0382. The summed E-state index contributed by atoms with van der Waals surface area (Å²) >= 11 is 0. The fourth-order valence-corrected chi connectivity index (χ4v) is 2.01. The molecule has 0 heterocycles. The Morgan fingerprint density at radius 2 is 2.00 bits per heavy atom. The van der Waals surface area contributed by atoms with Crippen LogP contribution in [0.4, 0.5) is 0 Å². The van der Waals surface area contributed by atoms with Gasteiger partial charge in [0.25, 0.3) is 5.91 Å². The van der Waals surface area contributed by atoms with Crippen LogP contribution < -0.4 is 10.1 Å². The van der Waals surface area contributed by atoms with Gasteiger partial charge in [0.2, 0.25) is 5.91 Å². The molecule has 0 unspecified atom stereocenters. The third kappa shape index (κ3) is 6.16. The van der Waals surface area contributed by atoms with Gasteiger partial charge in [0.05, 0.1) is 7.11 Å². The van der Waals surface area contributed by atoms with E-state index in [1.165, 1.54) is 0 Å². The lowest BCUT2D eigenvalue weighted by Gasteiger charge is -2.22. The third-order valence-electron chi connectivity index (χ3n) is 3.42. The number of hydrogen-bond acceptors (Lipinski definition) is 3. The van der Waals surface area contributed by atoms with Gasteiger partial charge in [-0.1, -0.05) is 19.9 Å². The second-order valence-electron chi connectivity index (χ2n) is 5.68. The molecule has 122 valence electrons. The van der Waals surface area contributed by atoms with Crippen molar-refractivity contribution in [3.63, 3.8) is 0 Å². The van der Waals surface area contributed by atoms with E-state index >= 15 is 0 Å². The van der Waals surface area contributed by atoms with Gasteiger partial charge >= 0.3 is 0 Å². The number of nitrogens with one attached hydrogen (secondary N) is 1. The first kappa shape index (κ1) is 18.0. The highest BCUT2D eigenvalue weighted by Gasteiger charge is 2.11. The maximum Gasteiger partial charge on any atom is 0.251 e. The van der Waals surface area contributed by atoms with Crippen LogP contribution >= 0.6 is 0 Å². The summed E-state index contributed by atoms with van der Waals surface area (Å²) in [5.74, 6) is 1.07. The van der Waals surface area contributed by atoms with E-state index in [0.717, 1.165) is 13.0 Å². The molecular formula is C17H26N2O3. The average molecular weight is 306 g/mol. The number of methoxy groups -OCH3 is 1. The summed E-state index contributed by atoms with van der Waals surface area (Å²) in [4.78, 5) is 25.4. The first-order valence-electron chi connectivity index (χ1n) is 7.61. The minimum Gasteiger partial charge on any atom is -0.497 e. The summed E-state index contributed by atoms with van der Waals surface area (Å²) in [6, 6.07) is 6.99. The van der Waals surface area contributed by atoms with E-state index < -0.39 is 0 Å². The fraction of sp³-hybridized carbons (Fsp3) is 0.529. The van der Waals surface area contributed by atoms with Gasteiger partial charge in [-0.2, -0.15) is 0 Å². The highest BCUT2D eigenvalue weighted by Crippen LogP contribution is 2.12. The van der Waals surface area contributed by atoms with Crippen molar-refractivity contribution in [2.24, 2.45) is 5.92 Å². The summed E-state index contributed by atoms with van der Waals surface area (Å²) in [5.41, 5.74) is 0.552. The van der Waals surface area contributed by atoms with Gasteiger partial charge < -0.3 is 15.0 Å². The quantitative estimate of drug-likeness (QED) is 0.802. The molecule has 5 nitrogen and oxygen atoms in total. The Labute approximate surface area is 132 Å². The average Bonchev–Trinajstić information content (AvgIpc) is 2.49. The number of ether oxygens (including phenoxy) is 1. The van der Waals surface area contributed by atoms with Crippen molar-refractivity contribution >= 4 is 11.8 Å². The highest BCUT2D eigenvalue weighted by molar-refractivity contribution is 5.94. The first-order chi connectivity index (χ1) is 10.4. The largest absolute Gasteiger partial charge is 0.497 e. The maximum atomic E-state index is 12.1. The van der Waals surface area contributed by atoms with Gasteiger partial charge in [0, 0.05) is 32.1 Å². The molecule has 0 atom stereocenters. The van der Waals surface area contributed by atoms with Crippen LogP contribution in [0.3, 0.4) is 0 Å². The smallest absolute Gasteiger partial charge is 0.251 e. The van der Waals surface area contributed by atoms with Crippen LogP contribution in [0.15, 0.2) is 24.3 Å². The van der Waals surface area contributed by atoms with E-state index in [2.05, 4.69) is 19.2 Å². The van der Waals surface area contributed by atoms with Crippen molar-refractivity contribution in [1.29, 1.82) is 0 Å². The van der Waals surface area contributed by atoms with Crippen LogP contribution in [0.25, 0.3) is 0 Å². The van der Waals surface area contributed by atoms with Crippen molar-refractivity contribution in [3.8, 4) is 5.75 Å². The number of carbonyl (C=O) groups excluding carboxylic acids is 2. The van der Waals surface area contributed by atoms with Gasteiger partial charge in [0.1, 0.15) is 5.75 Å². The lowest BCUT2D eigenvalue weighted by Crippen LogP contribution is -2.38. The Balaban J connectivity index is 2.46. The van der Waals surface area contributed by atoms with Crippen molar-refractivity contribution in [2.75, 3.05) is 26.7 Å². The molecule has 0 aliphatic carbocycles. The molecule has 0 fully saturated rings. The molecule has 1 rings (SSSR count). The Bertz CT molecular complexity index is 500. The predicted octanol–water partition coefficient (Wildman–Crippen LogP) is 2.32. The topological polar surface area (TPSA) is 58.6 Å². The molecule has 0 bridgehead atoms. The molecule has 0 saturated carbocycles. The highest BCUT2D eigenvalue weighted by atomic mass is 16.5. The molecule has 2 amide bonds. The normalized spacial score (nSPS) is 10.4. The molecular weight excluding hydrogens is 280 g/mol. The number of hydrogen-bond donors (Lipinski definition) is 1. The molecule has 5 heteroatoms. The van der Waals surface area contributed by atoms with E-state index in [9.17, 15) is 9.59 Å². The Morgan fingerprint density at radius 3 is 2.59 bits per heavy atom. The fourth-order valence-electron chi connectivity index (χ4n) is 2.01. The summed E-state index contributed by atoms with van der Waals surface area (Å²) in [7, 11) is 1.57. The van der Waals surface area contributed by atoms with Crippen molar-refractivity contribution in [2.45, 2.75) is 27.2 Å². The van der Waals surface area contributed by atoms with Crippen LogP contribution in [0.1, 0.15) is 37.6 Å². The molecule has 1 N–H and O–H groups in total. The van der Waals surface area contributed by atoms with E-state index in [0.29, 0.717) is 30.3 Å². The number of carbonyl (C=O) groups is 2. The number of amides is 2. The van der Waals surface area contributed by atoms with Gasteiger partial charge in [-0.05, 0) is 30.5 Å². The molecule has 1 aromatic carbocycles. The summed E-state index contributed by atoms with van der Waals surface area (Å²) < 4.78 is 5.10. The van der Waals surface area contributed by atoms with Gasteiger partial charge in [-0.15, -0.1) is 0 Å². The third-order valence-corrected chi connectivity index (χ3v) is 3.42. The molecule has 22 heavy (non-hydrogen) atoms. The van der Waals surface area contributed by atoms with Crippen molar-refractivity contribution in [1.82, 2.24) is 10.2 Å². The minimum atomic E-state index is -0.161. The monoisotopic (exact) mass is 306 g/mol. The van der Waals surface area contributed by atoms with Crippen LogP contribution in [0, 0.1) is 5.92 Å². The molecule has 0 aliphatic rings. The van der Waals surface area contributed by atoms with Crippen molar-refractivity contribution < 1.29 is 14.3 Å². The van der Waals surface area contributed by atoms with Crippen LogP contribution in [0.5, 0.6) is 5.75 Å². The second kappa shape index (κ2) is 9.07. The molecule has 0 saturated heterocycles. The molecule has 1 aromatic rings. The second-order valence-corrected chi connectivity index (χ2v) is 5.68. The first-order valence-corrected chi connectivity index (χ1v) is 7.61. The van der Waals surface area contributed by atoms with Crippen LogP contribution in [-0.4, -0.2) is 43.5 Å². The van der Waals surface area contributed by atoms with Gasteiger partial charge in [-0.3, -0.25) is 9.59 Å². The summed E-state index contributed by atoms with van der Waals surface area (Å²) in [6.45, 7) is 7.50. The Hall–Kier alpha value is -2.04. The Kier molecular flexibility index (Phi) is 7.43. The standard InChI is InChI=1S/C17H26N2O3/c1-13(2)8-10-19(14(3)20)11-9-18-17(21)15-6-5-7-16(12-15)22-4/h5-7,12-13H,8-11H2,1-4H3,(H,18,21). The zero-order valence-electron chi connectivity index (χ0n) is 13.9. The van der Waals surface area contributed by atoms with E-state index in [1.54, 1.807) is 43.2 Å². The molecule has 0 aliphatic heterocycles. The van der Waals surface area contributed by atoms with E-state index in [1.807, 2.05) is 0 Å². The molecule has 0 aromatic heterocycles. The van der Waals surface area contributed by atoms with Crippen LogP contribution in [-0.2, 0) is 4.79 Å². The maximum absolute atomic E-state index is 12.1. The zero-order valence-corrected chi connectivity index (χ0v) is 13.9. The SMILES string of the molecule is COc1cccc(C(=O)NCCN(CCC(C)C)C(C)=O)c1.